The summed E-state index contributed by atoms with van der Waals surface area (Å²) in [6.45, 7) is -0.189. The summed E-state index contributed by atoms with van der Waals surface area (Å²) >= 11 is 0. The zero-order valence-electron chi connectivity index (χ0n) is 16.0. The van der Waals surface area contributed by atoms with Crippen LogP contribution in [0.2, 0.25) is 0 Å². The Morgan fingerprint density at radius 2 is 2.20 bits per heavy atom. The first-order valence-corrected chi connectivity index (χ1v) is 11.2. The lowest BCUT2D eigenvalue weighted by atomic mass is 10.0. The quantitative estimate of drug-likeness (QED) is 0.517. The van der Waals surface area contributed by atoms with Crippen LogP contribution in [-0.2, 0) is 16.1 Å². The first-order valence-electron chi connectivity index (χ1n) is 9.34. The zero-order valence-corrected chi connectivity index (χ0v) is 16.9. The van der Waals surface area contributed by atoms with Gasteiger partial charge in [-0.2, -0.15) is 10.2 Å². The van der Waals surface area contributed by atoms with Gasteiger partial charge in [-0.3, -0.25) is 4.21 Å². The summed E-state index contributed by atoms with van der Waals surface area (Å²) in [6.07, 6.45) is 1.50. The van der Waals surface area contributed by atoms with Crippen LogP contribution in [0, 0.1) is 11.3 Å². The molecule has 0 fully saturated rings. The molecule has 30 heavy (non-hydrogen) atoms. The van der Waals surface area contributed by atoms with Crippen LogP contribution in [0.4, 0.5) is 0 Å². The minimum Gasteiger partial charge on any atom is -0.507 e. The molecular formula is C21H20N4O4S. The molecule has 0 saturated heterocycles. The summed E-state index contributed by atoms with van der Waals surface area (Å²) in [5.74, 6) is 4.37. The molecule has 3 aromatic rings. The maximum atomic E-state index is 12.5. The molecule has 0 radical (unpaired) electrons. The Kier molecular flexibility index (Phi) is 5.30. The van der Waals surface area contributed by atoms with Crippen LogP contribution in [-0.4, -0.2) is 42.8 Å². The molecule has 4 rings (SSSR count). The molecule has 1 aromatic heterocycles. The molecule has 0 spiro atoms. The van der Waals surface area contributed by atoms with Gasteiger partial charge in [0.1, 0.15) is 11.8 Å². The van der Waals surface area contributed by atoms with Crippen molar-refractivity contribution in [1.29, 1.82) is 5.26 Å². The van der Waals surface area contributed by atoms with E-state index in [9.17, 15) is 9.32 Å². The van der Waals surface area contributed by atoms with E-state index in [1.807, 2.05) is 24.3 Å². The van der Waals surface area contributed by atoms with E-state index in [1.165, 1.54) is 12.1 Å². The fraction of sp³-hybridized carbons (Fsp3) is 0.238. The predicted molar refractivity (Wildman–Crippen MR) is 113 cm³/mol. The molecule has 2 unspecified atom stereocenters. The number of phenolic OH excluding ortho intramolecular Hbond substituents is 1. The smallest absolute Gasteiger partial charge is 0.258 e. The molecule has 0 saturated carbocycles. The molecule has 8 nitrogen and oxygen atoms in total. The number of fused-ring (bicyclic) bond motifs is 1. The molecule has 2 atom stereocenters. The number of hydrogen-bond donors (Lipinski definition) is 3. The van der Waals surface area contributed by atoms with Gasteiger partial charge in [0, 0.05) is 26.9 Å². The third-order valence-corrected chi connectivity index (χ3v) is 6.64. The average Bonchev–Trinajstić information content (AvgIpc) is 3.36. The second kappa shape index (κ2) is 7.91. The van der Waals surface area contributed by atoms with Crippen LogP contribution in [0.3, 0.4) is 0 Å². The Bertz CT molecular complexity index is 1240. The Labute approximate surface area is 173 Å². The number of aliphatic hydroxyl groups excluding tert-OH is 1. The first-order chi connectivity index (χ1) is 14.4. The van der Waals surface area contributed by atoms with Crippen LogP contribution >= 0.6 is 0 Å². The van der Waals surface area contributed by atoms with Crippen molar-refractivity contribution in [2.45, 2.75) is 18.9 Å². The maximum absolute atomic E-state index is 12.5. The van der Waals surface area contributed by atoms with E-state index in [0.717, 1.165) is 29.5 Å². The van der Waals surface area contributed by atoms with Crippen LogP contribution in [0.1, 0.15) is 29.2 Å². The maximum Gasteiger partial charge on any atom is 0.258 e. The zero-order chi connectivity index (χ0) is 21.3. The highest BCUT2D eigenvalue weighted by molar-refractivity contribution is 7.98. The number of aromatic nitrogens is 2. The van der Waals surface area contributed by atoms with E-state index in [1.54, 1.807) is 6.07 Å². The van der Waals surface area contributed by atoms with Crippen LogP contribution in [0.15, 0.2) is 40.9 Å². The van der Waals surface area contributed by atoms with Gasteiger partial charge in [-0.25, -0.2) is 4.72 Å². The molecule has 1 aliphatic carbocycles. The summed E-state index contributed by atoms with van der Waals surface area (Å²) in [6, 6.07) is 12.1. The Morgan fingerprint density at radius 3 is 2.97 bits per heavy atom. The highest BCUT2D eigenvalue weighted by Crippen LogP contribution is 2.38. The van der Waals surface area contributed by atoms with Crippen molar-refractivity contribution in [1.82, 2.24) is 14.9 Å². The van der Waals surface area contributed by atoms with Gasteiger partial charge >= 0.3 is 0 Å². The second-order valence-electron chi connectivity index (χ2n) is 7.09. The largest absolute Gasteiger partial charge is 0.507 e. The summed E-state index contributed by atoms with van der Waals surface area (Å²) in [5, 5.41) is 32.0. The number of aromatic hydroxyl groups is 1. The summed E-state index contributed by atoms with van der Waals surface area (Å²) in [7, 11) is -2.57. The molecule has 1 aliphatic rings. The molecule has 1 heterocycles. The Morgan fingerprint density at radius 1 is 1.37 bits per heavy atom. The highest BCUT2D eigenvalue weighted by atomic mass is 32.2. The molecule has 0 bridgehead atoms. The van der Waals surface area contributed by atoms with Crippen molar-refractivity contribution in [2.24, 2.45) is 0 Å². The minimum atomic E-state index is -2.57. The lowest BCUT2D eigenvalue weighted by Crippen LogP contribution is -2.30. The van der Waals surface area contributed by atoms with Crippen molar-refractivity contribution in [3.8, 4) is 34.7 Å². The molecular weight excluding hydrogens is 404 g/mol. The number of nitrogens with one attached hydrogen (secondary N) is 1. The molecule has 2 aromatic carbocycles. The van der Waals surface area contributed by atoms with Crippen LogP contribution in [0.5, 0.6) is 5.75 Å². The lowest BCUT2D eigenvalue weighted by Gasteiger charge is -2.17. The number of hydrogen-bond acceptors (Lipinski definition) is 7. The highest BCUT2D eigenvalue weighted by Gasteiger charge is 2.28. The minimum absolute atomic E-state index is 0.101. The number of phenols is 1. The van der Waals surface area contributed by atoms with Gasteiger partial charge in [-0.15, -0.1) is 0 Å². The summed E-state index contributed by atoms with van der Waals surface area (Å²) < 4.78 is 21.0. The van der Waals surface area contributed by atoms with Crippen molar-refractivity contribution >= 4 is 15.6 Å². The average molecular weight is 424 g/mol. The fourth-order valence-corrected chi connectivity index (χ4v) is 4.84. The van der Waals surface area contributed by atoms with E-state index in [-0.39, 0.29) is 35.6 Å². The molecule has 0 aliphatic heterocycles. The van der Waals surface area contributed by atoms with Gasteiger partial charge < -0.3 is 14.7 Å². The summed E-state index contributed by atoms with van der Waals surface area (Å²) in [4.78, 5) is 4.47. The Hall–Kier alpha value is -3.19. The van der Waals surface area contributed by atoms with Gasteiger partial charge in [0.2, 0.25) is 5.82 Å². The van der Waals surface area contributed by atoms with Crippen molar-refractivity contribution in [3.63, 3.8) is 0 Å². The molecule has 3 N–H and O–H groups in total. The summed E-state index contributed by atoms with van der Waals surface area (Å²) in [5.41, 5.74) is 3.54. The third-order valence-electron chi connectivity index (χ3n) is 5.08. The normalized spacial score (nSPS) is 17.3. The van der Waals surface area contributed by atoms with E-state index in [4.69, 9.17) is 14.9 Å². The van der Waals surface area contributed by atoms with Gasteiger partial charge in [-0.1, -0.05) is 23.4 Å². The third kappa shape index (κ3) is 3.80. The van der Waals surface area contributed by atoms with Gasteiger partial charge in [0.25, 0.3) is 5.89 Å². The number of nitrogens with zero attached hydrogens (tertiary/aromatic N) is 3. The van der Waals surface area contributed by atoms with Crippen LogP contribution in [0.25, 0.3) is 22.8 Å². The molecule has 9 heteroatoms. The van der Waals surface area contributed by atoms with E-state index in [2.05, 4.69) is 20.7 Å². The fourth-order valence-electron chi connectivity index (χ4n) is 3.66. The van der Waals surface area contributed by atoms with E-state index >= 15 is 0 Å². The van der Waals surface area contributed by atoms with Crippen molar-refractivity contribution in [2.75, 3.05) is 12.4 Å². The number of benzene rings is 2. The SMILES string of the molecule is C=S(=O)(CCO)NC1CCc2c(-c3noc(-c4ccc(O)c(C#N)c4)n3)cccc21. The van der Waals surface area contributed by atoms with Crippen molar-refractivity contribution in [3.05, 3.63) is 53.1 Å². The number of aliphatic hydroxyl groups is 1. The topological polar surface area (TPSA) is 132 Å². The lowest BCUT2D eigenvalue weighted by molar-refractivity contribution is 0.320. The monoisotopic (exact) mass is 424 g/mol. The van der Waals surface area contributed by atoms with Crippen molar-refractivity contribution < 1.29 is 18.9 Å². The molecule has 0 amide bonds. The predicted octanol–water partition coefficient (Wildman–Crippen LogP) is 2.18. The number of rotatable bonds is 6. The van der Waals surface area contributed by atoms with Gasteiger partial charge in [0.15, 0.2) is 0 Å². The van der Waals surface area contributed by atoms with Crippen LogP contribution < -0.4 is 4.72 Å². The Balaban J connectivity index is 1.66. The second-order valence-corrected chi connectivity index (χ2v) is 9.36. The van der Waals surface area contributed by atoms with Gasteiger partial charge in [-0.05, 0) is 48.0 Å². The van der Waals surface area contributed by atoms with Gasteiger partial charge in [0.05, 0.1) is 17.9 Å². The number of nitriles is 1. The van der Waals surface area contributed by atoms with E-state index < -0.39 is 9.71 Å². The van der Waals surface area contributed by atoms with E-state index in [0.29, 0.717) is 11.4 Å². The standard InChI is InChI=1S/C21H20N4O4S/c1-30(28,10-9-26)25-18-7-6-15-16(18)3-2-4-17(15)20-23-21(29-24-20)13-5-8-19(27)14(11-13)12-22/h2-5,8,11,18,26-27H,1,6-7,9-10H2,(H,25,28). The molecule has 154 valence electrons. The first kappa shape index (κ1) is 20.1.